The highest BCUT2D eigenvalue weighted by molar-refractivity contribution is 6.31. The van der Waals surface area contributed by atoms with Crippen LogP contribution in [0.1, 0.15) is 17.5 Å². The standard InChI is InChI=1S/C10H11Cl2N3O/c1-13-9(7-3-4-8(12)16-7)10-6(11)5-14-15(10)2/h3-5,9,13H,1-2H3. The van der Waals surface area contributed by atoms with Crippen molar-refractivity contribution in [1.82, 2.24) is 15.1 Å². The van der Waals surface area contributed by atoms with Crippen LogP contribution in [0.3, 0.4) is 0 Å². The first-order valence-corrected chi connectivity index (χ1v) is 5.49. The molecule has 16 heavy (non-hydrogen) atoms. The molecule has 2 rings (SSSR count). The van der Waals surface area contributed by atoms with Gasteiger partial charge in [0.05, 0.1) is 16.9 Å². The number of aryl methyl sites for hydroxylation is 1. The molecule has 1 atom stereocenters. The zero-order valence-electron chi connectivity index (χ0n) is 8.87. The minimum Gasteiger partial charge on any atom is -0.448 e. The highest BCUT2D eigenvalue weighted by atomic mass is 35.5. The van der Waals surface area contributed by atoms with Gasteiger partial charge >= 0.3 is 0 Å². The van der Waals surface area contributed by atoms with Gasteiger partial charge in [-0.05, 0) is 30.8 Å². The van der Waals surface area contributed by atoms with E-state index in [1.54, 1.807) is 16.9 Å². The maximum atomic E-state index is 6.08. The second kappa shape index (κ2) is 4.49. The normalized spacial score (nSPS) is 13.0. The fourth-order valence-electron chi connectivity index (χ4n) is 1.64. The van der Waals surface area contributed by atoms with E-state index in [-0.39, 0.29) is 6.04 Å². The van der Waals surface area contributed by atoms with Crippen LogP contribution in [0, 0.1) is 0 Å². The minimum absolute atomic E-state index is 0.160. The van der Waals surface area contributed by atoms with Crippen molar-refractivity contribution in [1.29, 1.82) is 0 Å². The molecule has 0 aliphatic heterocycles. The summed E-state index contributed by atoms with van der Waals surface area (Å²) in [4.78, 5) is 0. The van der Waals surface area contributed by atoms with Gasteiger partial charge in [0, 0.05) is 7.05 Å². The zero-order chi connectivity index (χ0) is 11.7. The van der Waals surface area contributed by atoms with Gasteiger partial charge in [-0.15, -0.1) is 0 Å². The highest BCUT2D eigenvalue weighted by Gasteiger charge is 2.22. The number of rotatable bonds is 3. The third-order valence-corrected chi connectivity index (χ3v) is 2.87. The van der Waals surface area contributed by atoms with Crippen molar-refractivity contribution in [3.05, 3.63) is 40.0 Å². The largest absolute Gasteiger partial charge is 0.448 e. The topological polar surface area (TPSA) is 43.0 Å². The van der Waals surface area contributed by atoms with Crippen molar-refractivity contribution < 1.29 is 4.42 Å². The molecule has 0 aliphatic carbocycles. The van der Waals surface area contributed by atoms with Crippen LogP contribution in [0.5, 0.6) is 0 Å². The fraction of sp³-hybridized carbons (Fsp3) is 0.300. The predicted molar refractivity (Wildman–Crippen MR) is 62.8 cm³/mol. The minimum atomic E-state index is -0.160. The first kappa shape index (κ1) is 11.5. The molecule has 0 saturated carbocycles. The summed E-state index contributed by atoms with van der Waals surface area (Å²) in [6, 6.07) is 3.35. The lowest BCUT2D eigenvalue weighted by atomic mass is 10.1. The molecule has 2 heterocycles. The van der Waals surface area contributed by atoms with Gasteiger partial charge in [-0.25, -0.2) is 0 Å². The molecule has 2 aromatic rings. The summed E-state index contributed by atoms with van der Waals surface area (Å²) in [7, 11) is 3.65. The number of halogens is 2. The van der Waals surface area contributed by atoms with Crippen molar-refractivity contribution in [2.24, 2.45) is 7.05 Å². The molecule has 0 amide bonds. The summed E-state index contributed by atoms with van der Waals surface area (Å²) in [6.45, 7) is 0. The van der Waals surface area contributed by atoms with E-state index in [2.05, 4.69) is 10.4 Å². The molecule has 0 aromatic carbocycles. The van der Waals surface area contributed by atoms with Crippen molar-refractivity contribution >= 4 is 23.2 Å². The van der Waals surface area contributed by atoms with E-state index in [4.69, 9.17) is 27.6 Å². The molecular weight excluding hydrogens is 249 g/mol. The van der Waals surface area contributed by atoms with Crippen LogP contribution in [0.2, 0.25) is 10.2 Å². The van der Waals surface area contributed by atoms with Crippen LogP contribution in [-0.2, 0) is 7.05 Å². The van der Waals surface area contributed by atoms with Crippen molar-refractivity contribution in [3.8, 4) is 0 Å². The lowest BCUT2D eigenvalue weighted by Gasteiger charge is -2.14. The van der Waals surface area contributed by atoms with E-state index in [9.17, 15) is 0 Å². The number of hydrogen-bond acceptors (Lipinski definition) is 3. The van der Waals surface area contributed by atoms with Gasteiger partial charge in [0.15, 0.2) is 5.22 Å². The molecular formula is C10H11Cl2N3O. The van der Waals surface area contributed by atoms with E-state index in [0.29, 0.717) is 16.0 Å². The van der Waals surface area contributed by atoms with Gasteiger partial charge in [-0.1, -0.05) is 11.6 Å². The first-order chi connectivity index (χ1) is 7.63. The third-order valence-electron chi connectivity index (χ3n) is 2.38. The van der Waals surface area contributed by atoms with E-state index < -0.39 is 0 Å². The molecule has 0 aliphatic rings. The Labute approximate surface area is 103 Å². The Balaban J connectivity index is 2.44. The summed E-state index contributed by atoms with van der Waals surface area (Å²) < 4.78 is 7.08. The lowest BCUT2D eigenvalue weighted by Crippen LogP contribution is -2.20. The van der Waals surface area contributed by atoms with Gasteiger partial charge in [0.2, 0.25) is 0 Å². The fourth-order valence-corrected chi connectivity index (χ4v) is 2.07. The van der Waals surface area contributed by atoms with Gasteiger partial charge in [0.25, 0.3) is 0 Å². The molecule has 2 aromatic heterocycles. The third kappa shape index (κ3) is 1.96. The maximum Gasteiger partial charge on any atom is 0.193 e. The summed E-state index contributed by atoms with van der Waals surface area (Å²) in [5, 5.41) is 8.15. The Morgan fingerprint density at radius 3 is 2.62 bits per heavy atom. The predicted octanol–water partition coefficient (Wildman–Crippen LogP) is 2.63. The highest BCUT2D eigenvalue weighted by Crippen LogP contribution is 2.29. The SMILES string of the molecule is CNC(c1ccc(Cl)o1)c1c(Cl)cnn1C. The quantitative estimate of drug-likeness (QED) is 0.922. The summed E-state index contributed by atoms with van der Waals surface area (Å²) in [5.41, 5.74) is 0.843. The number of nitrogens with one attached hydrogen (secondary N) is 1. The molecule has 1 unspecified atom stereocenters. The Morgan fingerprint density at radius 1 is 1.44 bits per heavy atom. The van der Waals surface area contributed by atoms with Gasteiger partial charge < -0.3 is 9.73 Å². The van der Waals surface area contributed by atoms with Gasteiger partial charge in [-0.2, -0.15) is 5.10 Å². The van der Waals surface area contributed by atoms with E-state index >= 15 is 0 Å². The molecule has 1 N–H and O–H groups in total. The van der Waals surface area contributed by atoms with Gasteiger partial charge in [0.1, 0.15) is 11.8 Å². The summed E-state index contributed by atoms with van der Waals surface area (Å²) in [5.74, 6) is 0.706. The average molecular weight is 260 g/mol. The first-order valence-electron chi connectivity index (χ1n) is 4.73. The molecule has 0 bridgehead atoms. The molecule has 0 fully saturated rings. The maximum absolute atomic E-state index is 6.08. The molecule has 0 radical (unpaired) electrons. The Hall–Kier alpha value is -0.970. The zero-order valence-corrected chi connectivity index (χ0v) is 10.4. The van der Waals surface area contributed by atoms with Crippen LogP contribution in [0.15, 0.2) is 22.7 Å². The molecule has 6 heteroatoms. The monoisotopic (exact) mass is 259 g/mol. The van der Waals surface area contributed by atoms with Crippen LogP contribution in [-0.4, -0.2) is 16.8 Å². The second-order valence-corrected chi connectivity index (χ2v) is 4.14. The van der Waals surface area contributed by atoms with E-state index in [1.807, 2.05) is 20.2 Å². The molecule has 0 saturated heterocycles. The average Bonchev–Trinajstić information content (AvgIpc) is 2.80. The molecule has 4 nitrogen and oxygen atoms in total. The second-order valence-electron chi connectivity index (χ2n) is 3.36. The van der Waals surface area contributed by atoms with Crippen LogP contribution in [0.4, 0.5) is 0 Å². The van der Waals surface area contributed by atoms with Crippen molar-refractivity contribution in [3.63, 3.8) is 0 Å². The number of furan rings is 1. The van der Waals surface area contributed by atoms with Crippen LogP contribution >= 0.6 is 23.2 Å². The Morgan fingerprint density at radius 2 is 2.19 bits per heavy atom. The van der Waals surface area contributed by atoms with E-state index in [1.165, 1.54) is 0 Å². The number of nitrogens with zero attached hydrogens (tertiary/aromatic N) is 2. The van der Waals surface area contributed by atoms with Crippen LogP contribution < -0.4 is 5.32 Å². The lowest BCUT2D eigenvalue weighted by molar-refractivity contribution is 0.451. The molecule has 0 spiro atoms. The summed E-state index contributed by atoms with van der Waals surface area (Å²) >= 11 is 11.8. The summed E-state index contributed by atoms with van der Waals surface area (Å²) in [6.07, 6.45) is 1.60. The Kier molecular flexibility index (Phi) is 3.23. The smallest absolute Gasteiger partial charge is 0.193 e. The Bertz CT molecular complexity index is 472. The van der Waals surface area contributed by atoms with Gasteiger partial charge in [-0.3, -0.25) is 4.68 Å². The van der Waals surface area contributed by atoms with Crippen LogP contribution in [0.25, 0.3) is 0 Å². The molecule has 86 valence electrons. The van der Waals surface area contributed by atoms with Crippen molar-refractivity contribution in [2.45, 2.75) is 6.04 Å². The number of aromatic nitrogens is 2. The van der Waals surface area contributed by atoms with E-state index in [0.717, 1.165) is 5.69 Å². The number of hydrogen-bond donors (Lipinski definition) is 1. The van der Waals surface area contributed by atoms with Crippen molar-refractivity contribution in [2.75, 3.05) is 7.05 Å².